The van der Waals surface area contributed by atoms with Crippen LogP contribution in [0.15, 0.2) is 18.5 Å². The number of hydrogen-bond donors (Lipinski definition) is 1. The molecule has 0 spiro atoms. The van der Waals surface area contributed by atoms with Crippen molar-refractivity contribution < 1.29 is 23.1 Å². The topological polar surface area (TPSA) is 110 Å². The van der Waals surface area contributed by atoms with Crippen molar-refractivity contribution in [2.45, 2.75) is 123 Å². The smallest absolute Gasteiger partial charge is 0.414 e. The van der Waals surface area contributed by atoms with Crippen LogP contribution < -0.4 is 10.1 Å². The van der Waals surface area contributed by atoms with Gasteiger partial charge in [0.1, 0.15) is 5.60 Å². The highest BCUT2D eigenvalue weighted by Gasteiger charge is 2.47. The quantitative estimate of drug-likeness (QED) is 0.236. The molecule has 0 unspecified atom stereocenters. The lowest BCUT2D eigenvalue weighted by molar-refractivity contribution is 0.0634. The molecule has 3 rings (SSSR count). The molecule has 3 atom stereocenters. The zero-order chi connectivity index (χ0) is 32.1. The van der Waals surface area contributed by atoms with Gasteiger partial charge in [-0.2, -0.15) is 9.97 Å². The fourth-order valence-corrected chi connectivity index (χ4v) is 6.84. The predicted molar refractivity (Wildman–Crippen MR) is 173 cm³/mol. The van der Waals surface area contributed by atoms with Crippen LogP contribution in [0.1, 0.15) is 74.8 Å². The van der Waals surface area contributed by atoms with Gasteiger partial charge < -0.3 is 22.9 Å². The average Bonchev–Trinajstić information content (AvgIpc) is 3.34. The van der Waals surface area contributed by atoms with E-state index in [1.165, 1.54) is 7.11 Å². The molecule has 0 aromatic carbocycles. The second kappa shape index (κ2) is 11.7. The Morgan fingerprint density at radius 2 is 1.62 bits per heavy atom. The summed E-state index contributed by atoms with van der Waals surface area (Å²) in [6.45, 7) is 33.2. The van der Waals surface area contributed by atoms with Crippen LogP contribution in [-0.2, 0) is 13.6 Å². The second-order valence-corrected chi connectivity index (χ2v) is 25.0. The molecule has 1 fully saturated rings. The first-order valence-electron chi connectivity index (χ1n) is 14.8. The Kier molecular flexibility index (Phi) is 9.50. The highest BCUT2D eigenvalue weighted by atomic mass is 28.4. The predicted octanol–water partition coefficient (Wildman–Crippen LogP) is 7.71. The number of anilines is 1. The van der Waals surface area contributed by atoms with Gasteiger partial charge in [-0.3, -0.25) is 5.32 Å². The minimum atomic E-state index is -2.10. The summed E-state index contributed by atoms with van der Waals surface area (Å²) < 4.78 is 26.7. The van der Waals surface area contributed by atoms with Crippen LogP contribution in [0.25, 0.3) is 11.2 Å². The zero-order valence-corrected chi connectivity index (χ0v) is 30.3. The normalized spacial score (nSPS) is 20.7. The first-order chi connectivity index (χ1) is 19.0. The lowest BCUT2D eigenvalue weighted by Gasteiger charge is -2.41. The summed E-state index contributed by atoms with van der Waals surface area (Å²) in [7, 11) is -2.59. The molecular weight excluding hydrogens is 567 g/mol. The third-order valence-corrected chi connectivity index (χ3v) is 18.0. The molecule has 2 heterocycles. The van der Waals surface area contributed by atoms with Crippen molar-refractivity contribution in [1.29, 1.82) is 0 Å². The number of ether oxygens (including phenoxy) is 2. The van der Waals surface area contributed by atoms with E-state index in [2.05, 4.69) is 94.6 Å². The summed E-state index contributed by atoms with van der Waals surface area (Å²) >= 11 is 0. The van der Waals surface area contributed by atoms with Crippen molar-refractivity contribution in [3.63, 3.8) is 0 Å². The third kappa shape index (κ3) is 7.43. The lowest BCUT2D eigenvalue weighted by Crippen LogP contribution is -2.47. The largest absolute Gasteiger partial charge is 0.479 e. The standard InChI is InChI=1S/C30H53N5O5Si2/c1-19-20(17-38-41(12,13)29(5,6)7)22(40-42(14,15)30(8,9)10)16-21(19)35-18-31-23-24(35)32-26(33-25(23)37-11)34-27(36)39-28(2,3)4/h18,20-22H,1,16-17H2,2-15H3,(H,32,33,34,36)/t20-,21-,22-/m0/s1. The molecule has 1 saturated carbocycles. The molecule has 42 heavy (non-hydrogen) atoms. The SMILES string of the molecule is C=C1[C@H](CO[Si](C)(C)C(C)(C)C)[C@@H](O[Si](C)(C)C(C)(C)C)C[C@@H]1n1cnc2c(OC)nc(NC(=O)OC(C)(C)C)nc21. The summed E-state index contributed by atoms with van der Waals surface area (Å²) in [5.74, 6) is 0.352. The summed E-state index contributed by atoms with van der Waals surface area (Å²) in [6, 6.07) is -0.133. The molecule has 1 amide bonds. The maximum Gasteiger partial charge on any atom is 0.414 e. The summed E-state index contributed by atoms with van der Waals surface area (Å²) in [4.78, 5) is 26.1. The minimum absolute atomic E-state index is 0.0128. The highest BCUT2D eigenvalue weighted by Crippen LogP contribution is 2.47. The van der Waals surface area contributed by atoms with Crippen LogP contribution in [0, 0.1) is 5.92 Å². The number of nitrogens with one attached hydrogen (secondary N) is 1. The van der Waals surface area contributed by atoms with Crippen LogP contribution >= 0.6 is 0 Å². The van der Waals surface area contributed by atoms with Crippen molar-refractivity contribution in [1.82, 2.24) is 19.5 Å². The monoisotopic (exact) mass is 619 g/mol. The Bertz CT molecular complexity index is 1300. The Labute approximate surface area is 254 Å². The van der Waals surface area contributed by atoms with Gasteiger partial charge in [-0.1, -0.05) is 48.1 Å². The number of carbonyl (C=O) groups is 1. The first-order valence-corrected chi connectivity index (χ1v) is 20.6. The fraction of sp³-hybridized carbons (Fsp3) is 0.733. The van der Waals surface area contributed by atoms with Crippen molar-refractivity contribution in [2.75, 3.05) is 19.0 Å². The molecular formula is C30H53N5O5Si2. The van der Waals surface area contributed by atoms with Crippen LogP contribution in [0.5, 0.6) is 5.88 Å². The van der Waals surface area contributed by atoms with E-state index in [9.17, 15) is 4.79 Å². The molecule has 1 aliphatic rings. The van der Waals surface area contributed by atoms with Gasteiger partial charge in [0.15, 0.2) is 27.8 Å². The van der Waals surface area contributed by atoms with Gasteiger partial charge in [-0.15, -0.1) is 0 Å². The molecule has 1 N–H and O–H groups in total. The highest BCUT2D eigenvalue weighted by molar-refractivity contribution is 6.74. The molecule has 1 aliphatic carbocycles. The first kappa shape index (κ1) is 34.2. The number of fused-ring (bicyclic) bond motifs is 1. The number of hydrogen-bond acceptors (Lipinski definition) is 8. The van der Waals surface area contributed by atoms with Gasteiger partial charge in [-0.05, 0) is 69.0 Å². The molecule has 2 aromatic rings. The van der Waals surface area contributed by atoms with E-state index < -0.39 is 28.3 Å². The van der Waals surface area contributed by atoms with Crippen molar-refractivity contribution >= 4 is 39.8 Å². The van der Waals surface area contributed by atoms with Crippen LogP contribution in [0.4, 0.5) is 10.7 Å². The Morgan fingerprint density at radius 3 is 2.14 bits per heavy atom. The van der Waals surface area contributed by atoms with E-state index in [1.807, 2.05) is 4.57 Å². The van der Waals surface area contributed by atoms with Gasteiger partial charge in [0.25, 0.3) is 0 Å². The van der Waals surface area contributed by atoms with Crippen LogP contribution in [0.2, 0.25) is 36.3 Å². The summed E-state index contributed by atoms with van der Waals surface area (Å²) in [6.07, 6.45) is 1.75. The minimum Gasteiger partial charge on any atom is -0.479 e. The number of aromatic nitrogens is 4. The van der Waals surface area contributed by atoms with Crippen molar-refractivity contribution in [3.8, 4) is 5.88 Å². The number of methoxy groups -OCH3 is 1. The van der Waals surface area contributed by atoms with Gasteiger partial charge in [0.05, 0.1) is 25.6 Å². The molecule has 0 saturated heterocycles. The van der Waals surface area contributed by atoms with E-state index in [0.717, 1.165) is 5.57 Å². The summed E-state index contributed by atoms with van der Waals surface area (Å²) in [5.41, 5.74) is 1.40. The average molecular weight is 620 g/mol. The molecule has 2 aromatic heterocycles. The third-order valence-electron chi connectivity index (χ3n) is 9.02. The van der Waals surface area contributed by atoms with E-state index in [1.54, 1.807) is 27.1 Å². The van der Waals surface area contributed by atoms with E-state index >= 15 is 0 Å². The van der Waals surface area contributed by atoms with Gasteiger partial charge >= 0.3 is 6.09 Å². The number of imidazole rings is 1. The maximum absolute atomic E-state index is 12.5. The number of carbonyl (C=O) groups excluding carboxylic acids is 1. The van der Waals surface area contributed by atoms with E-state index in [4.69, 9.17) is 18.3 Å². The van der Waals surface area contributed by atoms with Crippen molar-refractivity contribution in [2.24, 2.45) is 5.92 Å². The lowest BCUT2D eigenvalue weighted by atomic mass is 10.0. The Balaban J connectivity index is 2.02. The second-order valence-electron chi connectivity index (χ2n) is 15.4. The van der Waals surface area contributed by atoms with Crippen molar-refractivity contribution in [3.05, 3.63) is 18.5 Å². The van der Waals surface area contributed by atoms with Crippen LogP contribution in [-0.4, -0.2) is 67.7 Å². The van der Waals surface area contributed by atoms with E-state index in [0.29, 0.717) is 24.2 Å². The Morgan fingerprint density at radius 1 is 1.02 bits per heavy atom. The maximum atomic E-state index is 12.5. The number of nitrogens with zero attached hydrogens (tertiary/aromatic N) is 4. The molecule has 0 radical (unpaired) electrons. The molecule has 0 aliphatic heterocycles. The van der Waals surface area contributed by atoms with Gasteiger partial charge in [-0.25, -0.2) is 9.78 Å². The van der Waals surface area contributed by atoms with Gasteiger partial charge in [0, 0.05) is 12.5 Å². The van der Waals surface area contributed by atoms with Crippen LogP contribution in [0.3, 0.4) is 0 Å². The molecule has 0 bridgehead atoms. The van der Waals surface area contributed by atoms with Gasteiger partial charge in [0.2, 0.25) is 11.8 Å². The molecule has 236 valence electrons. The summed E-state index contributed by atoms with van der Waals surface area (Å²) in [5, 5.41) is 2.79. The fourth-order valence-electron chi connectivity index (χ4n) is 4.44. The molecule has 10 nitrogen and oxygen atoms in total. The Hall–Kier alpha value is -2.29. The van der Waals surface area contributed by atoms with E-state index in [-0.39, 0.29) is 40.0 Å². The number of amides is 1. The number of rotatable bonds is 8. The zero-order valence-electron chi connectivity index (χ0n) is 28.3. The molecule has 12 heteroatoms.